The van der Waals surface area contributed by atoms with Crippen LogP contribution >= 0.6 is 0 Å². The fraction of sp³-hybridized carbons (Fsp3) is 0.562. The standard InChI is InChI=1S/C16H26N2O/c1-12-7-9-13(10-8-12)17-14(19)18-16(5,6)11-15(2,3)4/h7-10H,11H2,1-6H3,(H2,17,18,19). The van der Waals surface area contributed by atoms with Crippen LogP contribution in [0.4, 0.5) is 10.5 Å². The summed E-state index contributed by atoms with van der Waals surface area (Å²) in [5, 5.41) is 5.89. The van der Waals surface area contributed by atoms with Crippen molar-refractivity contribution in [3.05, 3.63) is 29.8 Å². The first-order chi connectivity index (χ1) is 8.57. The molecule has 2 N–H and O–H groups in total. The topological polar surface area (TPSA) is 41.1 Å². The summed E-state index contributed by atoms with van der Waals surface area (Å²) in [7, 11) is 0. The molecule has 1 aromatic rings. The Hall–Kier alpha value is -1.51. The summed E-state index contributed by atoms with van der Waals surface area (Å²) in [4.78, 5) is 12.0. The molecule has 2 amide bonds. The van der Waals surface area contributed by atoms with Gasteiger partial charge in [0, 0.05) is 11.2 Å². The maximum atomic E-state index is 12.0. The van der Waals surface area contributed by atoms with Crippen molar-refractivity contribution in [2.45, 2.75) is 53.5 Å². The smallest absolute Gasteiger partial charge is 0.319 e. The maximum absolute atomic E-state index is 12.0. The van der Waals surface area contributed by atoms with Gasteiger partial charge in [0.05, 0.1) is 0 Å². The van der Waals surface area contributed by atoms with Crippen molar-refractivity contribution in [2.24, 2.45) is 5.41 Å². The normalized spacial score (nSPS) is 12.1. The molecule has 3 nitrogen and oxygen atoms in total. The summed E-state index contributed by atoms with van der Waals surface area (Å²) in [6.07, 6.45) is 0.918. The second kappa shape index (κ2) is 5.64. The van der Waals surface area contributed by atoms with Crippen LogP contribution in [-0.2, 0) is 0 Å². The van der Waals surface area contributed by atoms with Gasteiger partial charge >= 0.3 is 6.03 Å². The third-order valence-electron chi connectivity index (χ3n) is 2.73. The van der Waals surface area contributed by atoms with E-state index in [0.29, 0.717) is 0 Å². The van der Waals surface area contributed by atoms with Gasteiger partial charge in [0.2, 0.25) is 0 Å². The Kier molecular flexibility index (Phi) is 4.61. The van der Waals surface area contributed by atoms with Crippen molar-refractivity contribution in [3.63, 3.8) is 0 Å². The number of amides is 2. The number of nitrogens with one attached hydrogen (secondary N) is 2. The monoisotopic (exact) mass is 262 g/mol. The molecule has 0 spiro atoms. The zero-order valence-electron chi connectivity index (χ0n) is 12.9. The fourth-order valence-corrected chi connectivity index (χ4v) is 2.48. The second-order valence-electron chi connectivity index (χ2n) is 7.07. The summed E-state index contributed by atoms with van der Waals surface area (Å²) < 4.78 is 0. The third-order valence-corrected chi connectivity index (χ3v) is 2.73. The van der Waals surface area contributed by atoms with Crippen molar-refractivity contribution in [3.8, 4) is 0 Å². The van der Waals surface area contributed by atoms with Crippen LogP contribution in [0.15, 0.2) is 24.3 Å². The van der Waals surface area contributed by atoms with E-state index in [9.17, 15) is 4.79 Å². The quantitative estimate of drug-likeness (QED) is 0.836. The lowest BCUT2D eigenvalue weighted by atomic mass is 9.82. The molecule has 0 saturated carbocycles. The van der Waals surface area contributed by atoms with E-state index in [1.807, 2.05) is 45.0 Å². The minimum absolute atomic E-state index is 0.155. The number of aryl methyl sites for hydroxylation is 1. The summed E-state index contributed by atoms with van der Waals surface area (Å²) in [5.74, 6) is 0. The lowest BCUT2D eigenvalue weighted by molar-refractivity contribution is 0.220. The summed E-state index contributed by atoms with van der Waals surface area (Å²) in [5.41, 5.74) is 1.95. The van der Waals surface area contributed by atoms with Crippen LogP contribution in [0.2, 0.25) is 0 Å². The Labute approximate surface area is 116 Å². The highest BCUT2D eigenvalue weighted by atomic mass is 16.2. The van der Waals surface area contributed by atoms with Gasteiger partial charge in [0.1, 0.15) is 0 Å². The molecule has 0 aliphatic carbocycles. The van der Waals surface area contributed by atoms with E-state index in [1.165, 1.54) is 5.56 Å². The Morgan fingerprint density at radius 2 is 1.58 bits per heavy atom. The van der Waals surface area contributed by atoms with E-state index < -0.39 is 0 Å². The molecule has 0 fully saturated rings. The molecule has 0 saturated heterocycles. The van der Waals surface area contributed by atoms with Gasteiger partial charge in [-0.15, -0.1) is 0 Å². The van der Waals surface area contributed by atoms with Gasteiger partial charge in [0.15, 0.2) is 0 Å². The number of benzene rings is 1. The molecule has 1 rings (SSSR count). The molecule has 0 bridgehead atoms. The number of carbonyl (C=O) groups is 1. The van der Waals surface area contributed by atoms with Crippen LogP contribution in [0.1, 0.15) is 46.6 Å². The van der Waals surface area contributed by atoms with Crippen LogP contribution < -0.4 is 10.6 Å². The SMILES string of the molecule is Cc1ccc(NC(=O)NC(C)(C)CC(C)(C)C)cc1. The van der Waals surface area contributed by atoms with E-state index in [-0.39, 0.29) is 17.0 Å². The van der Waals surface area contributed by atoms with Gasteiger partial charge in [-0.25, -0.2) is 4.79 Å². The van der Waals surface area contributed by atoms with Gasteiger partial charge in [-0.1, -0.05) is 38.5 Å². The lowest BCUT2D eigenvalue weighted by Gasteiger charge is -2.33. The molecular weight excluding hydrogens is 236 g/mol. The molecule has 3 heteroatoms. The zero-order chi connectivity index (χ0) is 14.7. The van der Waals surface area contributed by atoms with Gasteiger partial charge in [-0.2, -0.15) is 0 Å². The van der Waals surface area contributed by atoms with Crippen LogP contribution in [0.3, 0.4) is 0 Å². The molecule has 0 atom stereocenters. The van der Waals surface area contributed by atoms with Gasteiger partial charge < -0.3 is 10.6 Å². The molecule has 1 aromatic carbocycles. The molecular formula is C16H26N2O. The van der Waals surface area contributed by atoms with Crippen molar-refractivity contribution in [2.75, 3.05) is 5.32 Å². The average Bonchev–Trinajstić information content (AvgIpc) is 2.16. The lowest BCUT2D eigenvalue weighted by Crippen LogP contribution is -2.47. The van der Waals surface area contributed by atoms with Crippen LogP contribution in [-0.4, -0.2) is 11.6 Å². The Bertz CT molecular complexity index is 427. The van der Waals surface area contributed by atoms with Crippen LogP contribution in [0.25, 0.3) is 0 Å². The largest absolute Gasteiger partial charge is 0.333 e. The van der Waals surface area contributed by atoms with E-state index in [1.54, 1.807) is 0 Å². The zero-order valence-corrected chi connectivity index (χ0v) is 12.9. The van der Waals surface area contributed by atoms with Crippen molar-refractivity contribution >= 4 is 11.7 Å². The minimum atomic E-state index is -0.229. The predicted molar refractivity (Wildman–Crippen MR) is 81.5 cm³/mol. The number of hydrogen-bond donors (Lipinski definition) is 2. The van der Waals surface area contributed by atoms with Crippen LogP contribution in [0, 0.1) is 12.3 Å². The number of hydrogen-bond acceptors (Lipinski definition) is 1. The number of urea groups is 1. The summed E-state index contributed by atoms with van der Waals surface area (Å²) in [6.45, 7) is 12.6. The number of rotatable bonds is 3. The Balaban J connectivity index is 2.57. The van der Waals surface area contributed by atoms with Gasteiger partial charge in [-0.05, 0) is 44.7 Å². The van der Waals surface area contributed by atoms with Crippen molar-refractivity contribution in [1.82, 2.24) is 5.32 Å². The highest BCUT2D eigenvalue weighted by molar-refractivity contribution is 5.89. The molecule has 0 aliphatic heterocycles. The molecule has 19 heavy (non-hydrogen) atoms. The average molecular weight is 262 g/mol. The summed E-state index contributed by atoms with van der Waals surface area (Å²) in [6, 6.07) is 7.63. The van der Waals surface area contributed by atoms with E-state index in [0.717, 1.165) is 12.1 Å². The highest BCUT2D eigenvalue weighted by Crippen LogP contribution is 2.26. The fourth-order valence-electron chi connectivity index (χ4n) is 2.48. The first-order valence-electron chi connectivity index (χ1n) is 6.73. The van der Waals surface area contributed by atoms with Gasteiger partial charge in [0.25, 0.3) is 0 Å². The molecule has 0 unspecified atom stereocenters. The van der Waals surface area contributed by atoms with Crippen LogP contribution in [0.5, 0.6) is 0 Å². The number of anilines is 1. The number of carbonyl (C=O) groups excluding carboxylic acids is 1. The third kappa shape index (κ3) is 6.27. The predicted octanol–water partition coefficient (Wildman–Crippen LogP) is 4.33. The second-order valence-corrected chi connectivity index (χ2v) is 7.07. The Morgan fingerprint density at radius 1 is 1.05 bits per heavy atom. The molecule has 0 aliphatic rings. The molecule has 0 radical (unpaired) electrons. The first-order valence-corrected chi connectivity index (χ1v) is 6.73. The highest BCUT2D eigenvalue weighted by Gasteiger charge is 2.26. The van der Waals surface area contributed by atoms with E-state index in [4.69, 9.17) is 0 Å². The minimum Gasteiger partial charge on any atom is -0.333 e. The molecule has 0 heterocycles. The Morgan fingerprint density at radius 3 is 2.05 bits per heavy atom. The van der Waals surface area contributed by atoms with Gasteiger partial charge in [-0.3, -0.25) is 0 Å². The summed E-state index contributed by atoms with van der Waals surface area (Å²) >= 11 is 0. The maximum Gasteiger partial charge on any atom is 0.319 e. The van der Waals surface area contributed by atoms with Crippen molar-refractivity contribution < 1.29 is 4.79 Å². The van der Waals surface area contributed by atoms with E-state index in [2.05, 4.69) is 31.4 Å². The molecule has 0 aromatic heterocycles. The first kappa shape index (κ1) is 15.5. The molecule has 106 valence electrons. The van der Waals surface area contributed by atoms with Crippen molar-refractivity contribution in [1.29, 1.82) is 0 Å². The van der Waals surface area contributed by atoms with E-state index >= 15 is 0 Å².